The van der Waals surface area contributed by atoms with E-state index in [4.69, 9.17) is 20.5 Å². The highest BCUT2D eigenvalue weighted by molar-refractivity contribution is 6.29. The smallest absolute Gasteiger partial charge is 0.262 e. The van der Waals surface area contributed by atoms with Crippen LogP contribution < -0.4 is 0 Å². The van der Waals surface area contributed by atoms with Crippen LogP contribution in [0.5, 0.6) is 0 Å². The van der Waals surface area contributed by atoms with Crippen molar-refractivity contribution in [3.05, 3.63) is 47.3 Å². The van der Waals surface area contributed by atoms with Gasteiger partial charge in [-0.2, -0.15) is 0 Å². The molecule has 0 radical (unpaired) electrons. The zero-order chi connectivity index (χ0) is 17.6. The van der Waals surface area contributed by atoms with Gasteiger partial charge in [-0.05, 0) is 24.3 Å². The van der Waals surface area contributed by atoms with Gasteiger partial charge in [0.15, 0.2) is 17.3 Å². The second-order valence-electron chi connectivity index (χ2n) is 5.92. The summed E-state index contributed by atoms with van der Waals surface area (Å²) in [5.74, 6) is 0.667. The van der Waals surface area contributed by atoms with Gasteiger partial charge in [0.25, 0.3) is 5.91 Å². The number of aliphatic hydroxyl groups is 1. The Kier molecular flexibility index (Phi) is 3.63. The lowest BCUT2D eigenvalue weighted by atomic mass is 9.99. The highest BCUT2D eigenvalue weighted by atomic mass is 35.5. The number of pyridine rings is 1. The molecule has 0 unspecified atom stereocenters. The Morgan fingerprint density at radius 3 is 2.68 bits per heavy atom. The molecule has 0 bridgehead atoms. The van der Waals surface area contributed by atoms with E-state index in [9.17, 15) is 9.90 Å². The summed E-state index contributed by atoms with van der Waals surface area (Å²) in [6.07, 6.45) is 0.257. The number of rotatable bonds is 3. The molecule has 1 atom stereocenters. The van der Waals surface area contributed by atoms with Gasteiger partial charge in [-0.1, -0.05) is 22.8 Å². The number of hydrogen-bond acceptors (Lipinski definition) is 6. The maximum absolute atomic E-state index is 12.1. The van der Waals surface area contributed by atoms with Crippen LogP contribution in [0.3, 0.4) is 0 Å². The van der Waals surface area contributed by atoms with E-state index in [1.54, 1.807) is 37.4 Å². The maximum atomic E-state index is 12.1. The minimum absolute atomic E-state index is 0.107. The molecule has 7 nitrogen and oxygen atoms in total. The number of hydrogen-bond donors (Lipinski definition) is 1. The fraction of sp³-hybridized carbons (Fsp3) is 0.235. The average Bonchev–Trinajstić information content (AvgIpc) is 3.31. The van der Waals surface area contributed by atoms with Gasteiger partial charge in [0.1, 0.15) is 16.5 Å². The van der Waals surface area contributed by atoms with Crippen molar-refractivity contribution in [2.24, 2.45) is 0 Å². The van der Waals surface area contributed by atoms with Crippen LogP contribution in [0, 0.1) is 0 Å². The van der Waals surface area contributed by atoms with Gasteiger partial charge in [0.05, 0.1) is 0 Å². The van der Waals surface area contributed by atoms with E-state index in [0.717, 1.165) is 0 Å². The van der Waals surface area contributed by atoms with Crippen molar-refractivity contribution in [3.63, 3.8) is 0 Å². The molecule has 4 rings (SSSR count). The summed E-state index contributed by atoms with van der Waals surface area (Å²) in [6.45, 7) is 0.455. The zero-order valence-electron chi connectivity index (χ0n) is 13.3. The molecule has 1 aliphatic heterocycles. The normalized spacial score (nSPS) is 20.4. The predicted octanol–water partition coefficient (Wildman–Crippen LogP) is 2.70. The molecule has 128 valence electrons. The first-order valence-corrected chi connectivity index (χ1v) is 8.03. The van der Waals surface area contributed by atoms with Gasteiger partial charge in [0.2, 0.25) is 5.60 Å². The average molecular weight is 360 g/mol. The maximum Gasteiger partial charge on any atom is 0.262 e. The van der Waals surface area contributed by atoms with Crippen LogP contribution in [0.1, 0.15) is 12.2 Å². The third-order valence-electron chi connectivity index (χ3n) is 4.25. The molecule has 4 heterocycles. The van der Waals surface area contributed by atoms with Crippen molar-refractivity contribution < 1.29 is 18.8 Å². The fourth-order valence-corrected chi connectivity index (χ4v) is 2.99. The molecule has 3 aromatic rings. The molecule has 1 amide bonds. The Morgan fingerprint density at radius 2 is 2.00 bits per heavy atom. The van der Waals surface area contributed by atoms with Crippen molar-refractivity contribution in [2.45, 2.75) is 12.0 Å². The lowest BCUT2D eigenvalue weighted by Crippen LogP contribution is -2.35. The number of furan rings is 1. The number of likely N-dealkylation sites (N-methyl/N-ethyl adjacent to an activating group) is 1. The number of aromatic nitrogens is 2. The van der Waals surface area contributed by atoms with Crippen LogP contribution in [0.4, 0.5) is 0 Å². The van der Waals surface area contributed by atoms with E-state index in [1.807, 2.05) is 0 Å². The van der Waals surface area contributed by atoms with Crippen LogP contribution in [-0.2, 0) is 10.4 Å². The summed E-state index contributed by atoms with van der Waals surface area (Å²) in [5.41, 5.74) is -0.697. The molecule has 1 saturated heterocycles. The molecule has 25 heavy (non-hydrogen) atoms. The molecule has 0 aliphatic carbocycles. The topological polar surface area (TPSA) is 92.6 Å². The minimum atomic E-state index is -1.68. The molecule has 0 spiro atoms. The van der Waals surface area contributed by atoms with Crippen molar-refractivity contribution in [2.75, 3.05) is 13.6 Å². The molecule has 3 aromatic heterocycles. The summed E-state index contributed by atoms with van der Waals surface area (Å²) in [7, 11) is 1.63. The summed E-state index contributed by atoms with van der Waals surface area (Å²) >= 11 is 5.89. The van der Waals surface area contributed by atoms with Crippen molar-refractivity contribution in [1.29, 1.82) is 0 Å². The second kappa shape index (κ2) is 5.72. The highest BCUT2D eigenvalue weighted by Crippen LogP contribution is 2.35. The van der Waals surface area contributed by atoms with E-state index < -0.39 is 11.5 Å². The predicted molar refractivity (Wildman–Crippen MR) is 88.6 cm³/mol. The first kappa shape index (κ1) is 15.9. The molecule has 1 fully saturated rings. The Hall–Kier alpha value is -2.64. The first-order valence-electron chi connectivity index (χ1n) is 7.66. The standard InChI is InChI=1S/C17H14ClN3O4/c1-21-8-7-17(23,16(21)22)14-9-11(20-25-14)13-6-5-12(24-13)10-3-2-4-15(18)19-10/h2-6,9,23H,7-8H2,1H3/t17-/m1/s1. The number of amides is 1. The molecule has 0 saturated carbocycles. The Bertz CT molecular complexity index is 951. The molecular weight excluding hydrogens is 346 g/mol. The molecule has 1 aliphatic rings. The third kappa shape index (κ3) is 2.61. The van der Waals surface area contributed by atoms with Crippen molar-refractivity contribution in [3.8, 4) is 22.9 Å². The Balaban J connectivity index is 1.64. The second-order valence-corrected chi connectivity index (χ2v) is 6.31. The van der Waals surface area contributed by atoms with E-state index in [0.29, 0.717) is 34.6 Å². The van der Waals surface area contributed by atoms with Crippen molar-refractivity contribution in [1.82, 2.24) is 15.0 Å². The Morgan fingerprint density at radius 1 is 1.24 bits per heavy atom. The van der Waals surface area contributed by atoms with Crippen LogP contribution in [-0.4, -0.2) is 39.6 Å². The van der Waals surface area contributed by atoms with E-state index in [2.05, 4.69) is 10.1 Å². The van der Waals surface area contributed by atoms with Gasteiger partial charge in [-0.15, -0.1) is 0 Å². The number of likely N-dealkylation sites (tertiary alicyclic amines) is 1. The summed E-state index contributed by atoms with van der Waals surface area (Å²) in [4.78, 5) is 17.8. The fourth-order valence-electron chi connectivity index (χ4n) is 2.83. The minimum Gasteiger partial charge on any atom is -0.453 e. The summed E-state index contributed by atoms with van der Waals surface area (Å²) in [5, 5.41) is 14.9. The number of nitrogens with zero attached hydrogens (tertiary/aromatic N) is 3. The van der Waals surface area contributed by atoms with Gasteiger partial charge in [0, 0.05) is 26.1 Å². The molecular formula is C17H14ClN3O4. The van der Waals surface area contributed by atoms with Gasteiger partial charge in [-0.25, -0.2) is 4.98 Å². The van der Waals surface area contributed by atoms with Crippen molar-refractivity contribution >= 4 is 17.5 Å². The van der Waals surface area contributed by atoms with Crippen LogP contribution in [0.2, 0.25) is 5.15 Å². The molecule has 1 N–H and O–H groups in total. The van der Waals surface area contributed by atoms with E-state index in [-0.39, 0.29) is 12.2 Å². The number of carbonyl (C=O) groups excluding carboxylic acids is 1. The number of halogens is 1. The highest BCUT2D eigenvalue weighted by Gasteiger charge is 2.48. The molecule has 0 aromatic carbocycles. The van der Waals surface area contributed by atoms with Gasteiger partial charge < -0.3 is 18.9 Å². The molecule has 8 heteroatoms. The van der Waals surface area contributed by atoms with E-state index >= 15 is 0 Å². The largest absolute Gasteiger partial charge is 0.453 e. The Labute approximate surface area is 147 Å². The van der Waals surface area contributed by atoms with Gasteiger partial charge >= 0.3 is 0 Å². The third-order valence-corrected chi connectivity index (χ3v) is 4.46. The monoisotopic (exact) mass is 359 g/mol. The summed E-state index contributed by atoms with van der Waals surface area (Å²) in [6, 6.07) is 10.2. The van der Waals surface area contributed by atoms with Crippen LogP contribution >= 0.6 is 11.6 Å². The first-order chi connectivity index (χ1) is 12.0. The lowest BCUT2D eigenvalue weighted by Gasteiger charge is -2.16. The SMILES string of the molecule is CN1CC[C@@](O)(c2cc(-c3ccc(-c4cccc(Cl)n4)o3)no2)C1=O. The summed E-state index contributed by atoms with van der Waals surface area (Å²) < 4.78 is 11.0. The van der Waals surface area contributed by atoms with Crippen LogP contribution in [0.25, 0.3) is 22.9 Å². The quantitative estimate of drug-likeness (QED) is 0.723. The van der Waals surface area contributed by atoms with Gasteiger partial charge in [-0.3, -0.25) is 4.79 Å². The zero-order valence-corrected chi connectivity index (χ0v) is 14.0. The lowest BCUT2D eigenvalue weighted by molar-refractivity contribution is -0.144. The van der Waals surface area contributed by atoms with E-state index in [1.165, 1.54) is 11.0 Å². The number of carbonyl (C=O) groups is 1. The van der Waals surface area contributed by atoms with Crippen LogP contribution in [0.15, 0.2) is 45.3 Å².